The number of nitrogens with zero attached hydrogens (tertiary/aromatic N) is 1. The second kappa shape index (κ2) is 14.0. The third-order valence-corrected chi connectivity index (χ3v) is 5.60. The van der Waals surface area contributed by atoms with Crippen molar-refractivity contribution in [1.29, 1.82) is 0 Å². The normalized spacial score (nSPS) is 19.0. The molecule has 0 aromatic heterocycles. The van der Waals surface area contributed by atoms with Gasteiger partial charge in [0.05, 0.1) is 27.4 Å². The maximum absolute atomic E-state index is 6.11. The van der Waals surface area contributed by atoms with E-state index in [9.17, 15) is 0 Å². The maximum Gasteiger partial charge on any atom is 0.203 e. The Morgan fingerprint density at radius 2 is 1.81 bits per heavy atom. The Labute approximate surface area is 211 Å². The van der Waals surface area contributed by atoms with Crippen LogP contribution < -0.4 is 24.8 Å². The van der Waals surface area contributed by atoms with Gasteiger partial charge in [-0.2, -0.15) is 0 Å². The fraction of sp³-hybridized carbons (Fsp3) is 0.708. The van der Waals surface area contributed by atoms with Crippen molar-refractivity contribution in [2.45, 2.75) is 53.1 Å². The van der Waals surface area contributed by atoms with Gasteiger partial charge in [-0.25, -0.2) is 0 Å². The highest BCUT2D eigenvalue weighted by Crippen LogP contribution is 2.39. The molecule has 8 heteroatoms. The first-order chi connectivity index (χ1) is 14.8. The molecule has 2 atom stereocenters. The molecule has 2 N–H and O–H groups in total. The van der Waals surface area contributed by atoms with Gasteiger partial charge in [0, 0.05) is 37.7 Å². The average molecular weight is 564 g/mol. The Morgan fingerprint density at radius 3 is 2.41 bits per heavy atom. The predicted molar refractivity (Wildman–Crippen MR) is 141 cm³/mol. The van der Waals surface area contributed by atoms with E-state index in [0.29, 0.717) is 23.2 Å². The van der Waals surface area contributed by atoms with Crippen molar-refractivity contribution in [3.63, 3.8) is 0 Å². The summed E-state index contributed by atoms with van der Waals surface area (Å²) in [5, 5.41) is 6.80. The zero-order valence-electron chi connectivity index (χ0n) is 20.7. The van der Waals surface area contributed by atoms with Crippen molar-refractivity contribution >= 4 is 29.9 Å². The SMILES string of the molecule is CCNC(=NCC1CCCOC1C(C)(C)C)NCCc1ccc(OC)c(OC)c1OC.I. The summed E-state index contributed by atoms with van der Waals surface area (Å²) in [5.74, 6) is 3.26. The van der Waals surface area contributed by atoms with Crippen LogP contribution in [-0.4, -0.2) is 59.6 Å². The van der Waals surface area contributed by atoms with E-state index < -0.39 is 0 Å². The van der Waals surface area contributed by atoms with Crippen molar-refractivity contribution in [2.24, 2.45) is 16.3 Å². The molecular formula is C24H42IN3O4. The molecule has 1 aliphatic heterocycles. The van der Waals surface area contributed by atoms with E-state index >= 15 is 0 Å². The van der Waals surface area contributed by atoms with E-state index in [1.807, 2.05) is 12.1 Å². The molecule has 32 heavy (non-hydrogen) atoms. The van der Waals surface area contributed by atoms with Crippen LogP contribution in [0.25, 0.3) is 0 Å². The average Bonchev–Trinajstić information content (AvgIpc) is 2.76. The largest absolute Gasteiger partial charge is 0.493 e. The van der Waals surface area contributed by atoms with Gasteiger partial charge in [0.1, 0.15) is 0 Å². The topological polar surface area (TPSA) is 73.3 Å². The Bertz CT molecular complexity index is 722. The molecule has 2 rings (SSSR count). The molecule has 0 radical (unpaired) electrons. The summed E-state index contributed by atoms with van der Waals surface area (Å²) < 4.78 is 22.6. The molecule has 0 aliphatic carbocycles. The number of methoxy groups -OCH3 is 3. The first kappa shape index (κ1) is 28.6. The quantitative estimate of drug-likeness (QED) is 0.266. The third kappa shape index (κ3) is 7.86. The van der Waals surface area contributed by atoms with Crippen LogP contribution in [0.2, 0.25) is 0 Å². The summed E-state index contributed by atoms with van der Waals surface area (Å²) in [6.07, 6.45) is 3.28. The molecule has 1 fully saturated rings. The number of benzene rings is 1. The summed E-state index contributed by atoms with van der Waals surface area (Å²) in [7, 11) is 4.90. The van der Waals surface area contributed by atoms with Gasteiger partial charge in [-0.1, -0.05) is 26.8 Å². The highest BCUT2D eigenvalue weighted by atomic mass is 127. The lowest BCUT2D eigenvalue weighted by atomic mass is 9.78. The molecule has 0 amide bonds. The van der Waals surface area contributed by atoms with Gasteiger partial charge in [-0.15, -0.1) is 24.0 Å². The van der Waals surface area contributed by atoms with Crippen molar-refractivity contribution < 1.29 is 18.9 Å². The van der Waals surface area contributed by atoms with Crippen LogP contribution in [0.15, 0.2) is 17.1 Å². The van der Waals surface area contributed by atoms with E-state index in [-0.39, 0.29) is 35.5 Å². The lowest BCUT2D eigenvalue weighted by molar-refractivity contribution is -0.0823. The van der Waals surface area contributed by atoms with Crippen molar-refractivity contribution in [1.82, 2.24) is 10.6 Å². The lowest BCUT2D eigenvalue weighted by Gasteiger charge is -2.39. The van der Waals surface area contributed by atoms with Crippen LogP contribution in [0.5, 0.6) is 17.2 Å². The van der Waals surface area contributed by atoms with Crippen LogP contribution in [0, 0.1) is 11.3 Å². The van der Waals surface area contributed by atoms with Crippen molar-refractivity contribution in [2.75, 3.05) is 47.6 Å². The Hall–Kier alpha value is -1.42. The van der Waals surface area contributed by atoms with Gasteiger partial charge in [-0.3, -0.25) is 4.99 Å². The van der Waals surface area contributed by atoms with Crippen LogP contribution in [-0.2, 0) is 11.2 Å². The Kier molecular flexibility index (Phi) is 12.5. The second-order valence-electron chi connectivity index (χ2n) is 8.95. The highest BCUT2D eigenvalue weighted by Gasteiger charge is 2.35. The van der Waals surface area contributed by atoms with Crippen LogP contribution in [0.3, 0.4) is 0 Å². The molecule has 2 unspecified atom stereocenters. The molecule has 0 saturated carbocycles. The van der Waals surface area contributed by atoms with Crippen LogP contribution >= 0.6 is 24.0 Å². The van der Waals surface area contributed by atoms with Gasteiger partial charge in [0.15, 0.2) is 17.5 Å². The maximum atomic E-state index is 6.11. The van der Waals surface area contributed by atoms with E-state index in [1.54, 1.807) is 21.3 Å². The molecule has 1 aliphatic rings. The summed E-state index contributed by atoms with van der Waals surface area (Å²) >= 11 is 0. The predicted octanol–water partition coefficient (Wildman–Crippen LogP) is 4.27. The van der Waals surface area contributed by atoms with Crippen LogP contribution in [0.4, 0.5) is 0 Å². The highest BCUT2D eigenvalue weighted by molar-refractivity contribution is 14.0. The molecule has 0 spiro atoms. The monoisotopic (exact) mass is 563 g/mol. The zero-order valence-corrected chi connectivity index (χ0v) is 23.1. The fourth-order valence-corrected chi connectivity index (χ4v) is 4.21. The third-order valence-electron chi connectivity index (χ3n) is 5.60. The lowest BCUT2D eigenvalue weighted by Crippen LogP contribution is -2.43. The van der Waals surface area contributed by atoms with Gasteiger partial charge in [0.25, 0.3) is 0 Å². The van der Waals surface area contributed by atoms with Gasteiger partial charge >= 0.3 is 0 Å². The molecule has 1 aromatic rings. The molecule has 1 aromatic carbocycles. The number of nitrogens with one attached hydrogen (secondary N) is 2. The zero-order chi connectivity index (χ0) is 22.9. The number of guanidine groups is 1. The number of hydrogen-bond acceptors (Lipinski definition) is 5. The number of aliphatic imine (C=N–C) groups is 1. The van der Waals surface area contributed by atoms with E-state index in [2.05, 4.69) is 38.3 Å². The van der Waals surface area contributed by atoms with Crippen LogP contribution in [0.1, 0.15) is 46.1 Å². The molecule has 1 saturated heterocycles. The fourth-order valence-electron chi connectivity index (χ4n) is 4.21. The minimum absolute atomic E-state index is 0. The number of ether oxygens (including phenoxy) is 4. The smallest absolute Gasteiger partial charge is 0.203 e. The first-order valence-electron chi connectivity index (χ1n) is 11.3. The van der Waals surface area contributed by atoms with E-state index in [0.717, 1.165) is 57.0 Å². The minimum Gasteiger partial charge on any atom is -0.493 e. The van der Waals surface area contributed by atoms with Gasteiger partial charge < -0.3 is 29.6 Å². The first-order valence-corrected chi connectivity index (χ1v) is 11.3. The summed E-state index contributed by atoms with van der Waals surface area (Å²) in [5.41, 5.74) is 1.17. The van der Waals surface area contributed by atoms with Gasteiger partial charge in [0.2, 0.25) is 5.75 Å². The molecule has 184 valence electrons. The van der Waals surface area contributed by atoms with E-state index in [4.69, 9.17) is 23.9 Å². The number of halogens is 1. The van der Waals surface area contributed by atoms with Crippen molar-refractivity contribution in [3.8, 4) is 17.2 Å². The number of hydrogen-bond donors (Lipinski definition) is 2. The summed E-state index contributed by atoms with van der Waals surface area (Å²) in [6.45, 7) is 12.0. The summed E-state index contributed by atoms with van der Waals surface area (Å²) in [4.78, 5) is 4.87. The van der Waals surface area contributed by atoms with Crippen molar-refractivity contribution in [3.05, 3.63) is 17.7 Å². The Balaban J connectivity index is 0.00000512. The molecule has 0 bridgehead atoms. The standard InChI is InChI=1S/C24H41N3O4.HI/c1-8-25-23(27-16-18-10-9-15-31-22(18)24(2,3)4)26-14-13-17-11-12-19(28-5)21(30-7)20(17)29-6;/h11-12,18,22H,8-10,13-16H2,1-7H3,(H2,25,26,27);1H. The molecule has 1 heterocycles. The second-order valence-corrected chi connectivity index (χ2v) is 8.95. The molecular weight excluding hydrogens is 521 g/mol. The van der Waals surface area contributed by atoms with Gasteiger partial charge in [-0.05, 0) is 37.7 Å². The van der Waals surface area contributed by atoms with E-state index in [1.165, 1.54) is 0 Å². The molecule has 7 nitrogen and oxygen atoms in total. The summed E-state index contributed by atoms with van der Waals surface area (Å²) in [6, 6.07) is 3.92. The Morgan fingerprint density at radius 1 is 1.09 bits per heavy atom. The number of rotatable bonds is 9. The minimum atomic E-state index is 0.